The Kier molecular flexibility index (Phi) is 4.59. The first-order valence-electron chi connectivity index (χ1n) is 6.85. The predicted molar refractivity (Wildman–Crippen MR) is 77.5 cm³/mol. The van der Waals surface area contributed by atoms with Crippen LogP contribution in [0.15, 0.2) is 18.2 Å². The number of hydrogen-bond acceptors (Lipinski definition) is 5. The van der Waals surface area contributed by atoms with Crippen LogP contribution in [0.5, 0.6) is 5.75 Å². The molecule has 2 rings (SSSR count). The fraction of sp³-hybridized carbons (Fsp3) is 0.429. The minimum Gasteiger partial charge on any atom is -0.497 e. The van der Waals surface area contributed by atoms with Gasteiger partial charge in [-0.2, -0.15) is 0 Å². The van der Waals surface area contributed by atoms with Crippen LogP contribution in [-0.2, 0) is 4.79 Å². The van der Waals surface area contributed by atoms with Crippen molar-refractivity contribution in [1.29, 1.82) is 0 Å². The second-order valence-corrected chi connectivity index (χ2v) is 5.13. The van der Waals surface area contributed by atoms with Crippen LogP contribution in [0.25, 0.3) is 0 Å². The standard InChI is InChI=1S/C14H17N3O5/c1-22-10-4-5-12(17(20)21)11(7-10)14(19)16-6-2-3-9(8-16)13(15)18/h4-5,7,9H,2-3,6,8H2,1H3,(H2,15,18). The zero-order valence-electron chi connectivity index (χ0n) is 12.2. The summed E-state index contributed by atoms with van der Waals surface area (Å²) in [4.78, 5) is 35.8. The Morgan fingerprint density at radius 1 is 1.45 bits per heavy atom. The molecule has 1 unspecified atom stereocenters. The van der Waals surface area contributed by atoms with Gasteiger partial charge < -0.3 is 15.4 Å². The van der Waals surface area contributed by atoms with Gasteiger partial charge in [0.05, 0.1) is 18.0 Å². The average Bonchev–Trinajstić information content (AvgIpc) is 2.53. The van der Waals surface area contributed by atoms with Crippen LogP contribution in [-0.4, -0.2) is 41.8 Å². The van der Waals surface area contributed by atoms with Crippen molar-refractivity contribution in [3.8, 4) is 5.75 Å². The fourth-order valence-corrected chi connectivity index (χ4v) is 2.54. The van der Waals surface area contributed by atoms with Crippen LogP contribution < -0.4 is 10.5 Å². The van der Waals surface area contributed by atoms with Gasteiger partial charge in [-0.15, -0.1) is 0 Å². The molecule has 0 spiro atoms. The number of hydrogen-bond donors (Lipinski definition) is 1. The third-order valence-corrected chi connectivity index (χ3v) is 3.74. The SMILES string of the molecule is COc1ccc([N+](=O)[O-])c(C(=O)N2CCCC(C(N)=O)C2)c1. The molecule has 1 fully saturated rings. The number of primary amides is 1. The van der Waals surface area contributed by atoms with E-state index in [1.54, 1.807) is 0 Å². The van der Waals surface area contributed by atoms with Gasteiger partial charge in [-0.25, -0.2) is 0 Å². The topological polar surface area (TPSA) is 116 Å². The van der Waals surface area contributed by atoms with E-state index in [1.165, 1.54) is 30.2 Å². The molecule has 8 nitrogen and oxygen atoms in total. The van der Waals surface area contributed by atoms with Crippen molar-refractivity contribution in [3.63, 3.8) is 0 Å². The Hall–Kier alpha value is -2.64. The lowest BCUT2D eigenvalue weighted by molar-refractivity contribution is -0.385. The van der Waals surface area contributed by atoms with Gasteiger partial charge in [0, 0.05) is 19.2 Å². The molecular weight excluding hydrogens is 290 g/mol. The van der Waals surface area contributed by atoms with Crippen LogP contribution >= 0.6 is 0 Å². The van der Waals surface area contributed by atoms with E-state index in [1.807, 2.05) is 0 Å². The number of ether oxygens (including phenoxy) is 1. The Balaban J connectivity index is 2.31. The molecule has 0 bridgehead atoms. The summed E-state index contributed by atoms with van der Waals surface area (Å²) in [5, 5.41) is 11.1. The first-order valence-corrected chi connectivity index (χ1v) is 6.85. The Morgan fingerprint density at radius 2 is 2.18 bits per heavy atom. The van der Waals surface area contributed by atoms with Crippen molar-refractivity contribution in [2.45, 2.75) is 12.8 Å². The average molecular weight is 307 g/mol. The zero-order valence-corrected chi connectivity index (χ0v) is 12.2. The van der Waals surface area contributed by atoms with E-state index in [-0.39, 0.29) is 17.8 Å². The molecule has 2 amide bonds. The van der Waals surface area contributed by atoms with E-state index in [2.05, 4.69) is 0 Å². The lowest BCUT2D eigenvalue weighted by Gasteiger charge is -2.31. The third-order valence-electron chi connectivity index (χ3n) is 3.74. The number of nitrogens with two attached hydrogens (primary N) is 1. The lowest BCUT2D eigenvalue weighted by Crippen LogP contribution is -2.44. The first-order chi connectivity index (χ1) is 10.4. The number of nitro benzene ring substituents is 1. The van der Waals surface area contributed by atoms with E-state index in [0.717, 1.165) is 0 Å². The van der Waals surface area contributed by atoms with Gasteiger partial charge in [-0.05, 0) is 25.0 Å². The number of benzene rings is 1. The summed E-state index contributed by atoms with van der Waals surface area (Å²) in [5.41, 5.74) is 4.95. The maximum atomic E-state index is 12.6. The van der Waals surface area contributed by atoms with E-state index in [0.29, 0.717) is 25.1 Å². The molecule has 2 N–H and O–H groups in total. The fourth-order valence-electron chi connectivity index (χ4n) is 2.54. The molecule has 0 radical (unpaired) electrons. The lowest BCUT2D eigenvalue weighted by atomic mass is 9.96. The van der Waals surface area contributed by atoms with E-state index in [4.69, 9.17) is 10.5 Å². The zero-order chi connectivity index (χ0) is 16.3. The molecule has 1 aliphatic rings. The number of nitrogens with zero attached hydrogens (tertiary/aromatic N) is 2. The van der Waals surface area contributed by atoms with Crippen molar-refractivity contribution < 1.29 is 19.2 Å². The second-order valence-electron chi connectivity index (χ2n) is 5.13. The largest absolute Gasteiger partial charge is 0.497 e. The maximum absolute atomic E-state index is 12.6. The molecule has 1 aliphatic heterocycles. The van der Waals surface area contributed by atoms with Gasteiger partial charge in [0.2, 0.25) is 5.91 Å². The van der Waals surface area contributed by atoms with E-state index in [9.17, 15) is 19.7 Å². The number of amides is 2. The van der Waals surface area contributed by atoms with Gasteiger partial charge in [0.1, 0.15) is 11.3 Å². The Labute approximate surface area is 127 Å². The summed E-state index contributed by atoms with van der Waals surface area (Å²) in [7, 11) is 1.42. The minimum atomic E-state index is -0.609. The second kappa shape index (κ2) is 6.42. The number of carbonyl (C=O) groups is 2. The van der Waals surface area contributed by atoms with E-state index >= 15 is 0 Å². The molecule has 1 aromatic rings. The number of rotatable bonds is 4. The number of nitro groups is 1. The summed E-state index contributed by atoms with van der Waals surface area (Å²) < 4.78 is 5.02. The molecule has 8 heteroatoms. The van der Waals surface area contributed by atoms with Crippen molar-refractivity contribution >= 4 is 17.5 Å². The highest BCUT2D eigenvalue weighted by Crippen LogP contribution is 2.27. The van der Waals surface area contributed by atoms with Crippen LogP contribution in [0.3, 0.4) is 0 Å². The van der Waals surface area contributed by atoms with Gasteiger partial charge in [-0.3, -0.25) is 19.7 Å². The van der Waals surface area contributed by atoms with E-state index < -0.39 is 22.7 Å². The summed E-state index contributed by atoms with van der Waals surface area (Å²) >= 11 is 0. The van der Waals surface area contributed by atoms with Gasteiger partial charge >= 0.3 is 0 Å². The molecule has 1 heterocycles. The molecule has 0 aromatic heterocycles. The smallest absolute Gasteiger partial charge is 0.282 e. The predicted octanol–water partition coefficient (Wildman–Crippen LogP) is 0.941. The highest BCUT2D eigenvalue weighted by atomic mass is 16.6. The maximum Gasteiger partial charge on any atom is 0.282 e. The van der Waals surface area contributed by atoms with Crippen LogP contribution in [0.4, 0.5) is 5.69 Å². The first kappa shape index (κ1) is 15.7. The number of carbonyl (C=O) groups excluding carboxylic acids is 2. The van der Waals surface area contributed by atoms with Crippen molar-refractivity contribution in [2.75, 3.05) is 20.2 Å². The third kappa shape index (κ3) is 3.16. The van der Waals surface area contributed by atoms with Crippen LogP contribution in [0.2, 0.25) is 0 Å². The van der Waals surface area contributed by atoms with Crippen molar-refractivity contribution in [1.82, 2.24) is 4.90 Å². The van der Waals surface area contributed by atoms with Crippen LogP contribution in [0, 0.1) is 16.0 Å². The summed E-state index contributed by atoms with van der Waals surface area (Å²) in [6.07, 6.45) is 1.26. The quantitative estimate of drug-likeness (QED) is 0.656. The molecular formula is C14H17N3O5. The molecule has 118 valence electrons. The highest BCUT2D eigenvalue weighted by molar-refractivity contribution is 5.99. The molecule has 0 aliphatic carbocycles. The van der Waals surface area contributed by atoms with Gasteiger partial charge in [0.25, 0.3) is 11.6 Å². The number of likely N-dealkylation sites (tertiary alicyclic amines) is 1. The Bertz CT molecular complexity index is 616. The Morgan fingerprint density at radius 3 is 2.77 bits per heavy atom. The number of piperidine rings is 1. The molecule has 1 atom stereocenters. The monoisotopic (exact) mass is 307 g/mol. The summed E-state index contributed by atoms with van der Waals surface area (Å²) in [5.74, 6) is -1.01. The van der Waals surface area contributed by atoms with Gasteiger partial charge in [0.15, 0.2) is 0 Å². The van der Waals surface area contributed by atoms with Crippen LogP contribution in [0.1, 0.15) is 23.2 Å². The normalized spacial score (nSPS) is 17.9. The highest BCUT2D eigenvalue weighted by Gasteiger charge is 2.31. The van der Waals surface area contributed by atoms with Gasteiger partial charge in [-0.1, -0.05) is 0 Å². The molecule has 1 aromatic carbocycles. The molecule has 0 saturated carbocycles. The number of methoxy groups -OCH3 is 1. The molecule has 22 heavy (non-hydrogen) atoms. The molecule has 1 saturated heterocycles. The van der Waals surface area contributed by atoms with Crippen molar-refractivity contribution in [2.24, 2.45) is 11.7 Å². The summed E-state index contributed by atoms with van der Waals surface area (Å²) in [6, 6.07) is 4.01. The minimum absolute atomic E-state index is 0.0468. The van der Waals surface area contributed by atoms with Crippen molar-refractivity contribution in [3.05, 3.63) is 33.9 Å². The summed E-state index contributed by atoms with van der Waals surface area (Å²) in [6.45, 7) is 0.625.